The van der Waals surface area contributed by atoms with E-state index < -0.39 is 0 Å². The van der Waals surface area contributed by atoms with Gasteiger partial charge in [-0.15, -0.1) is 11.3 Å². The number of rotatable bonds is 4. The van der Waals surface area contributed by atoms with Crippen molar-refractivity contribution in [2.75, 3.05) is 11.9 Å². The Hall–Kier alpha value is -2.01. The first kappa shape index (κ1) is 14.9. The number of fused-ring (bicyclic) bond motifs is 1. The molecule has 0 aliphatic rings. The highest BCUT2D eigenvalue weighted by Crippen LogP contribution is 2.28. The maximum Gasteiger partial charge on any atom is 0.141 e. The van der Waals surface area contributed by atoms with Crippen LogP contribution in [0.4, 0.5) is 5.82 Å². The number of pyridine rings is 1. The molecule has 0 spiro atoms. The minimum absolute atomic E-state index is 0.312. The second-order valence-electron chi connectivity index (χ2n) is 5.72. The van der Waals surface area contributed by atoms with Crippen LogP contribution in [0.2, 0.25) is 0 Å². The molecule has 3 rings (SSSR count). The topological polar surface area (TPSA) is 41.9 Å². The third-order valence-corrected chi connectivity index (χ3v) is 4.70. The van der Waals surface area contributed by atoms with Crippen LogP contribution in [0, 0.1) is 13.8 Å². The van der Waals surface area contributed by atoms with Crippen LogP contribution in [0.1, 0.15) is 24.0 Å². The lowest BCUT2D eigenvalue weighted by Crippen LogP contribution is -2.32. The normalized spacial score (nSPS) is 12.5. The molecule has 3 aromatic heterocycles. The standard InChI is InChI=1S/C17H20N4S/c1-11-5-7-18-14(9-11)10-12(2)21(4)16-15-6-8-22-17(15)20-13(3)19-16/h5-9,12H,10H2,1-4H3. The van der Waals surface area contributed by atoms with Gasteiger partial charge in [0.15, 0.2) is 0 Å². The van der Waals surface area contributed by atoms with Gasteiger partial charge in [-0.05, 0) is 49.9 Å². The largest absolute Gasteiger partial charge is 0.356 e. The van der Waals surface area contributed by atoms with Crippen LogP contribution in [0.15, 0.2) is 29.8 Å². The second-order valence-corrected chi connectivity index (χ2v) is 6.62. The fraction of sp³-hybridized carbons (Fsp3) is 0.353. The van der Waals surface area contributed by atoms with Gasteiger partial charge >= 0.3 is 0 Å². The molecule has 3 heterocycles. The van der Waals surface area contributed by atoms with Crippen LogP contribution >= 0.6 is 11.3 Å². The molecular formula is C17H20N4S. The average molecular weight is 312 g/mol. The van der Waals surface area contributed by atoms with E-state index in [1.54, 1.807) is 11.3 Å². The molecule has 0 radical (unpaired) electrons. The van der Waals surface area contributed by atoms with Crippen molar-refractivity contribution >= 4 is 27.4 Å². The summed E-state index contributed by atoms with van der Waals surface area (Å²) >= 11 is 1.66. The van der Waals surface area contributed by atoms with Crippen molar-refractivity contribution in [1.29, 1.82) is 0 Å². The molecular weight excluding hydrogens is 292 g/mol. The Bertz CT molecular complexity index is 796. The maximum atomic E-state index is 4.65. The number of anilines is 1. The van der Waals surface area contributed by atoms with E-state index in [2.05, 4.69) is 58.3 Å². The smallest absolute Gasteiger partial charge is 0.141 e. The number of hydrogen-bond donors (Lipinski definition) is 0. The van der Waals surface area contributed by atoms with Gasteiger partial charge in [0, 0.05) is 31.4 Å². The molecule has 0 saturated carbocycles. The van der Waals surface area contributed by atoms with Crippen molar-refractivity contribution in [1.82, 2.24) is 15.0 Å². The summed E-state index contributed by atoms with van der Waals surface area (Å²) in [6, 6.07) is 6.59. The summed E-state index contributed by atoms with van der Waals surface area (Å²) in [6.07, 6.45) is 2.77. The van der Waals surface area contributed by atoms with Crippen molar-refractivity contribution in [3.63, 3.8) is 0 Å². The molecule has 0 amide bonds. The van der Waals surface area contributed by atoms with Crippen LogP contribution in [0.3, 0.4) is 0 Å². The lowest BCUT2D eigenvalue weighted by Gasteiger charge is -2.26. The van der Waals surface area contributed by atoms with Gasteiger partial charge in [-0.1, -0.05) is 0 Å². The summed E-state index contributed by atoms with van der Waals surface area (Å²) < 4.78 is 0. The van der Waals surface area contributed by atoms with Crippen molar-refractivity contribution in [3.05, 3.63) is 46.9 Å². The molecule has 114 valence electrons. The molecule has 0 bridgehead atoms. The highest BCUT2D eigenvalue weighted by molar-refractivity contribution is 7.16. The summed E-state index contributed by atoms with van der Waals surface area (Å²) in [5.41, 5.74) is 2.37. The quantitative estimate of drug-likeness (QED) is 0.735. The Morgan fingerprint density at radius 1 is 1.23 bits per heavy atom. The van der Waals surface area contributed by atoms with Crippen molar-refractivity contribution in [2.45, 2.75) is 33.2 Å². The molecule has 1 atom stereocenters. The number of aryl methyl sites for hydroxylation is 2. The highest BCUT2D eigenvalue weighted by Gasteiger charge is 2.17. The second kappa shape index (κ2) is 6.01. The number of hydrogen-bond acceptors (Lipinski definition) is 5. The first-order chi connectivity index (χ1) is 10.5. The zero-order valence-corrected chi connectivity index (χ0v) is 14.2. The van der Waals surface area contributed by atoms with Gasteiger partial charge in [-0.3, -0.25) is 4.98 Å². The Morgan fingerprint density at radius 3 is 2.82 bits per heavy atom. The fourth-order valence-corrected chi connectivity index (χ4v) is 3.38. The van der Waals surface area contributed by atoms with Crippen LogP contribution < -0.4 is 4.90 Å². The van der Waals surface area contributed by atoms with Gasteiger partial charge in [-0.2, -0.15) is 0 Å². The van der Waals surface area contributed by atoms with Crippen LogP contribution in [-0.4, -0.2) is 28.0 Å². The Morgan fingerprint density at radius 2 is 2.05 bits per heavy atom. The predicted molar refractivity (Wildman–Crippen MR) is 92.7 cm³/mol. The SMILES string of the molecule is Cc1ccnc(CC(C)N(C)c2nc(C)nc3sccc23)c1. The molecule has 0 fully saturated rings. The lowest BCUT2D eigenvalue weighted by molar-refractivity contribution is 0.664. The average Bonchev–Trinajstić information content (AvgIpc) is 2.93. The van der Waals surface area contributed by atoms with Crippen LogP contribution in [0.25, 0.3) is 10.2 Å². The van der Waals surface area contributed by atoms with Gasteiger partial charge in [0.2, 0.25) is 0 Å². The first-order valence-corrected chi connectivity index (χ1v) is 8.29. The highest BCUT2D eigenvalue weighted by atomic mass is 32.1. The van der Waals surface area contributed by atoms with E-state index >= 15 is 0 Å². The van der Waals surface area contributed by atoms with E-state index in [1.165, 1.54) is 5.56 Å². The number of aromatic nitrogens is 3. The number of thiophene rings is 1. The minimum atomic E-state index is 0.312. The zero-order chi connectivity index (χ0) is 15.7. The molecule has 0 saturated heterocycles. The molecule has 0 aliphatic heterocycles. The molecule has 3 aromatic rings. The van der Waals surface area contributed by atoms with Gasteiger partial charge in [0.25, 0.3) is 0 Å². The van der Waals surface area contributed by atoms with E-state index in [9.17, 15) is 0 Å². The van der Waals surface area contributed by atoms with Crippen molar-refractivity contribution < 1.29 is 0 Å². The molecule has 4 nitrogen and oxygen atoms in total. The van der Waals surface area contributed by atoms with E-state index in [1.807, 2.05) is 19.2 Å². The van der Waals surface area contributed by atoms with Crippen LogP contribution in [-0.2, 0) is 6.42 Å². The third kappa shape index (κ3) is 2.95. The summed E-state index contributed by atoms with van der Waals surface area (Å²) in [5.74, 6) is 1.82. The van der Waals surface area contributed by atoms with Crippen LogP contribution in [0.5, 0.6) is 0 Å². The minimum Gasteiger partial charge on any atom is -0.356 e. The van der Waals surface area contributed by atoms with E-state index in [0.29, 0.717) is 6.04 Å². The number of nitrogens with zero attached hydrogens (tertiary/aromatic N) is 4. The van der Waals surface area contributed by atoms with Crippen molar-refractivity contribution in [2.24, 2.45) is 0 Å². The summed E-state index contributed by atoms with van der Waals surface area (Å²) in [6.45, 7) is 6.26. The van der Waals surface area contributed by atoms with Gasteiger partial charge < -0.3 is 4.90 Å². The van der Waals surface area contributed by atoms with E-state index in [0.717, 1.165) is 34.0 Å². The molecule has 0 aliphatic carbocycles. The summed E-state index contributed by atoms with van der Waals surface area (Å²) in [5, 5.41) is 3.20. The zero-order valence-electron chi connectivity index (χ0n) is 13.4. The summed E-state index contributed by atoms with van der Waals surface area (Å²) in [7, 11) is 2.10. The Kier molecular flexibility index (Phi) is 4.07. The predicted octanol–water partition coefficient (Wildman–Crippen LogP) is 3.77. The van der Waals surface area contributed by atoms with Crippen molar-refractivity contribution in [3.8, 4) is 0 Å². The summed E-state index contributed by atoms with van der Waals surface area (Å²) in [4.78, 5) is 16.9. The fourth-order valence-electron chi connectivity index (χ4n) is 2.57. The Labute approximate surface area is 134 Å². The third-order valence-electron chi connectivity index (χ3n) is 3.89. The molecule has 22 heavy (non-hydrogen) atoms. The maximum absolute atomic E-state index is 4.65. The molecule has 5 heteroatoms. The van der Waals surface area contributed by atoms with Gasteiger partial charge in [0.05, 0.1) is 5.39 Å². The first-order valence-electron chi connectivity index (χ1n) is 7.41. The molecule has 0 aromatic carbocycles. The Balaban J connectivity index is 1.88. The number of likely N-dealkylation sites (N-methyl/N-ethyl adjacent to an activating group) is 1. The van der Waals surface area contributed by atoms with E-state index in [4.69, 9.17) is 0 Å². The van der Waals surface area contributed by atoms with Gasteiger partial charge in [-0.25, -0.2) is 9.97 Å². The molecule has 1 unspecified atom stereocenters. The van der Waals surface area contributed by atoms with E-state index in [-0.39, 0.29) is 0 Å². The van der Waals surface area contributed by atoms with Gasteiger partial charge in [0.1, 0.15) is 16.5 Å². The monoisotopic (exact) mass is 312 g/mol. The molecule has 0 N–H and O–H groups in total. The lowest BCUT2D eigenvalue weighted by atomic mass is 10.1.